The zero-order valence-electron chi connectivity index (χ0n) is 12.3. The third-order valence-corrected chi connectivity index (χ3v) is 2.54. The van der Waals surface area contributed by atoms with E-state index in [0.717, 1.165) is 5.69 Å². The molecule has 1 aromatic rings. The predicted molar refractivity (Wildman–Crippen MR) is 73.8 cm³/mol. The van der Waals surface area contributed by atoms with Crippen molar-refractivity contribution in [3.63, 3.8) is 0 Å². The SMILES string of the molecule is CC(C)n1cncc1C(CN)NC(=O)OC(C)(C)C. The summed E-state index contributed by atoms with van der Waals surface area (Å²) in [5.74, 6) is 0. The van der Waals surface area contributed by atoms with Crippen LogP contribution in [0.25, 0.3) is 0 Å². The number of alkyl carbamates (subject to hydrolysis) is 1. The minimum atomic E-state index is -0.526. The molecule has 1 aromatic heterocycles. The van der Waals surface area contributed by atoms with Crippen LogP contribution in [-0.2, 0) is 4.74 Å². The highest BCUT2D eigenvalue weighted by molar-refractivity contribution is 5.68. The van der Waals surface area contributed by atoms with Gasteiger partial charge in [-0.15, -0.1) is 0 Å². The number of ether oxygens (including phenoxy) is 1. The Bertz CT molecular complexity index is 421. The molecule has 1 unspecified atom stereocenters. The van der Waals surface area contributed by atoms with Crippen molar-refractivity contribution in [2.24, 2.45) is 5.73 Å². The molecule has 0 aliphatic rings. The molecule has 0 radical (unpaired) electrons. The number of hydrogen-bond donors (Lipinski definition) is 2. The van der Waals surface area contributed by atoms with Crippen molar-refractivity contribution in [2.45, 2.75) is 52.3 Å². The molecular weight excluding hydrogens is 244 g/mol. The van der Waals surface area contributed by atoms with Crippen molar-refractivity contribution in [3.8, 4) is 0 Å². The van der Waals surface area contributed by atoms with Crippen LogP contribution in [0.3, 0.4) is 0 Å². The summed E-state index contributed by atoms with van der Waals surface area (Å²) in [7, 11) is 0. The Morgan fingerprint density at radius 3 is 2.63 bits per heavy atom. The maximum absolute atomic E-state index is 11.8. The Morgan fingerprint density at radius 2 is 2.16 bits per heavy atom. The van der Waals surface area contributed by atoms with Crippen LogP contribution in [0.5, 0.6) is 0 Å². The number of imidazole rings is 1. The normalized spacial score (nSPS) is 13.4. The average Bonchev–Trinajstić information content (AvgIpc) is 2.72. The van der Waals surface area contributed by atoms with E-state index in [1.807, 2.05) is 39.2 Å². The van der Waals surface area contributed by atoms with Gasteiger partial charge in [-0.3, -0.25) is 0 Å². The number of nitrogens with two attached hydrogens (primary N) is 1. The minimum Gasteiger partial charge on any atom is -0.444 e. The smallest absolute Gasteiger partial charge is 0.408 e. The summed E-state index contributed by atoms with van der Waals surface area (Å²) < 4.78 is 7.21. The quantitative estimate of drug-likeness (QED) is 0.875. The molecular formula is C13H24N4O2. The largest absolute Gasteiger partial charge is 0.444 e. The van der Waals surface area contributed by atoms with Crippen LogP contribution in [0.4, 0.5) is 4.79 Å². The topological polar surface area (TPSA) is 82.2 Å². The maximum atomic E-state index is 11.8. The van der Waals surface area contributed by atoms with Crippen LogP contribution in [0.2, 0.25) is 0 Å². The van der Waals surface area contributed by atoms with Gasteiger partial charge in [0, 0.05) is 12.6 Å². The van der Waals surface area contributed by atoms with Gasteiger partial charge in [0.1, 0.15) is 5.60 Å². The van der Waals surface area contributed by atoms with Crippen LogP contribution < -0.4 is 11.1 Å². The molecule has 0 spiro atoms. The van der Waals surface area contributed by atoms with E-state index in [4.69, 9.17) is 10.5 Å². The maximum Gasteiger partial charge on any atom is 0.408 e. The lowest BCUT2D eigenvalue weighted by Gasteiger charge is -2.24. The monoisotopic (exact) mass is 268 g/mol. The Labute approximate surface area is 114 Å². The number of nitrogens with one attached hydrogen (secondary N) is 1. The van der Waals surface area contributed by atoms with E-state index in [9.17, 15) is 4.79 Å². The molecule has 19 heavy (non-hydrogen) atoms. The lowest BCUT2D eigenvalue weighted by atomic mass is 10.2. The number of carbonyl (C=O) groups excluding carboxylic acids is 1. The number of hydrogen-bond acceptors (Lipinski definition) is 4. The average molecular weight is 268 g/mol. The summed E-state index contributed by atoms with van der Waals surface area (Å²) >= 11 is 0. The molecule has 0 saturated heterocycles. The summed E-state index contributed by atoms with van der Waals surface area (Å²) in [5.41, 5.74) is 6.09. The molecule has 6 heteroatoms. The summed E-state index contributed by atoms with van der Waals surface area (Å²) in [5, 5.41) is 2.77. The van der Waals surface area contributed by atoms with Crippen molar-refractivity contribution in [3.05, 3.63) is 18.2 Å². The van der Waals surface area contributed by atoms with Crippen molar-refractivity contribution < 1.29 is 9.53 Å². The van der Waals surface area contributed by atoms with Gasteiger partial charge in [0.05, 0.1) is 24.3 Å². The molecule has 0 aliphatic carbocycles. The molecule has 3 N–H and O–H groups in total. The van der Waals surface area contributed by atoms with Gasteiger partial charge in [-0.1, -0.05) is 0 Å². The molecule has 1 heterocycles. The minimum absolute atomic E-state index is 0.256. The molecule has 0 bridgehead atoms. The molecule has 1 rings (SSSR count). The van der Waals surface area contributed by atoms with Crippen molar-refractivity contribution >= 4 is 6.09 Å². The van der Waals surface area contributed by atoms with E-state index in [1.165, 1.54) is 0 Å². The molecule has 108 valence electrons. The highest BCUT2D eigenvalue weighted by Gasteiger charge is 2.22. The predicted octanol–water partition coefficient (Wildman–Crippen LogP) is 1.99. The lowest BCUT2D eigenvalue weighted by molar-refractivity contribution is 0.0503. The van der Waals surface area contributed by atoms with Gasteiger partial charge in [-0.25, -0.2) is 9.78 Å². The first-order valence-corrected chi connectivity index (χ1v) is 6.46. The van der Waals surface area contributed by atoms with Crippen molar-refractivity contribution in [2.75, 3.05) is 6.54 Å². The van der Waals surface area contributed by atoms with Crippen molar-refractivity contribution in [1.29, 1.82) is 0 Å². The molecule has 0 aromatic carbocycles. The van der Waals surface area contributed by atoms with E-state index in [2.05, 4.69) is 10.3 Å². The third kappa shape index (κ3) is 4.55. The van der Waals surface area contributed by atoms with Gasteiger partial charge in [-0.05, 0) is 34.6 Å². The van der Waals surface area contributed by atoms with Crippen LogP contribution in [0, 0.1) is 0 Å². The zero-order valence-corrected chi connectivity index (χ0v) is 12.3. The van der Waals surface area contributed by atoms with Gasteiger partial charge < -0.3 is 20.4 Å². The van der Waals surface area contributed by atoms with E-state index in [-0.39, 0.29) is 18.6 Å². The molecule has 1 amide bonds. The number of carbonyl (C=O) groups is 1. The van der Waals surface area contributed by atoms with Crippen molar-refractivity contribution in [1.82, 2.24) is 14.9 Å². The number of rotatable bonds is 4. The molecule has 1 atom stereocenters. The fourth-order valence-electron chi connectivity index (χ4n) is 1.72. The van der Waals surface area contributed by atoms with Gasteiger partial charge in [0.2, 0.25) is 0 Å². The standard InChI is InChI=1S/C13H24N4O2/c1-9(2)17-8-15-7-11(17)10(6-14)16-12(18)19-13(3,4)5/h7-10H,6,14H2,1-5H3,(H,16,18). The lowest BCUT2D eigenvalue weighted by Crippen LogP contribution is -2.38. The highest BCUT2D eigenvalue weighted by atomic mass is 16.6. The third-order valence-electron chi connectivity index (χ3n) is 2.54. The number of aromatic nitrogens is 2. The summed E-state index contributed by atoms with van der Waals surface area (Å²) in [6.07, 6.45) is 2.98. The highest BCUT2D eigenvalue weighted by Crippen LogP contribution is 2.17. The Kier molecular flexibility index (Phi) is 4.94. The van der Waals surface area contributed by atoms with Gasteiger partial charge in [-0.2, -0.15) is 0 Å². The molecule has 6 nitrogen and oxygen atoms in total. The summed E-state index contributed by atoms with van der Waals surface area (Å²) in [4.78, 5) is 15.9. The second-order valence-corrected chi connectivity index (χ2v) is 5.75. The Hall–Kier alpha value is -1.56. The Balaban J connectivity index is 2.78. The van der Waals surface area contributed by atoms with Crippen LogP contribution in [0.1, 0.15) is 52.4 Å². The first kappa shape index (κ1) is 15.5. The zero-order chi connectivity index (χ0) is 14.6. The van der Waals surface area contributed by atoms with Gasteiger partial charge in [0.15, 0.2) is 0 Å². The fraction of sp³-hybridized carbons (Fsp3) is 0.692. The van der Waals surface area contributed by atoms with Gasteiger partial charge >= 0.3 is 6.09 Å². The van der Waals surface area contributed by atoms with E-state index < -0.39 is 11.7 Å². The second kappa shape index (κ2) is 6.06. The first-order valence-electron chi connectivity index (χ1n) is 6.46. The molecule has 0 fully saturated rings. The van der Waals surface area contributed by atoms with Crippen LogP contribution in [-0.4, -0.2) is 27.8 Å². The number of nitrogens with zero attached hydrogens (tertiary/aromatic N) is 2. The summed E-state index contributed by atoms with van der Waals surface area (Å²) in [6, 6.07) is -0.0493. The second-order valence-electron chi connectivity index (χ2n) is 5.75. The number of amides is 1. The van der Waals surface area contributed by atoms with Gasteiger partial charge in [0.25, 0.3) is 0 Å². The summed E-state index contributed by atoms with van der Waals surface area (Å²) in [6.45, 7) is 9.85. The fourth-order valence-corrected chi connectivity index (χ4v) is 1.72. The van der Waals surface area contributed by atoms with E-state index >= 15 is 0 Å². The van der Waals surface area contributed by atoms with E-state index in [0.29, 0.717) is 0 Å². The van der Waals surface area contributed by atoms with Crippen LogP contribution in [0.15, 0.2) is 12.5 Å². The Morgan fingerprint density at radius 1 is 1.53 bits per heavy atom. The molecule has 0 aliphatic heterocycles. The van der Waals surface area contributed by atoms with Crippen LogP contribution >= 0.6 is 0 Å². The molecule has 0 saturated carbocycles. The first-order chi connectivity index (χ1) is 8.74. The van der Waals surface area contributed by atoms with E-state index in [1.54, 1.807) is 12.5 Å².